The fourth-order valence-corrected chi connectivity index (χ4v) is 3.47. The molecule has 2 aromatic carbocycles. The fraction of sp³-hybridized carbons (Fsp3) is 0.435. The highest BCUT2D eigenvalue weighted by Gasteiger charge is 2.10. The SMILES string of the molecule is CN=C(NCCc1cc(C)ccc1OC)NCc1ccc(N2CCOCC2)cc1. The van der Waals surface area contributed by atoms with E-state index in [1.165, 1.54) is 22.4 Å². The van der Waals surface area contributed by atoms with Crippen LogP contribution in [0.2, 0.25) is 0 Å². The number of anilines is 1. The van der Waals surface area contributed by atoms with Gasteiger partial charge < -0.3 is 25.0 Å². The Hall–Kier alpha value is -2.73. The van der Waals surface area contributed by atoms with E-state index in [0.29, 0.717) is 0 Å². The summed E-state index contributed by atoms with van der Waals surface area (Å²) >= 11 is 0. The van der Waals surface area contributed by atoms with Gasteiger partial charge >= 0.3 is 0 Å². The first-order chi connectivity index (χ1) is 14.2. The average Bonchev–Trinajstić information content (AvgIpc) is 2.77. The average molecular weight is 397 g/mol. The molecule has 0 amide bonds. The number of nitrogens with zero attached hydrogens (tertiary/aromatic N) is 2. The molecule has 6 nitrogen and oxygen atoms in total. The lowest BCUT2D eigenvalue weighted by Crippen LogP contribution is -2.38. The van der Waals surface area contributed by atoms with E-state index in [2.05, 4.69) is 63.8 Å². The van der Waals surface area contributed by atoms with Gasteiger partial charge in [0.25, 0.3) is 0 Å². The van der Waals surface area contributed by atoms with Crippen molar-refractivity contribution in [3.05, 3.63) is 59.2 Å². The van der Waals surface area contributed by atoms with Gasteiger partial charge in [-0.1, -0.05) is 29.8 Å². The van der Waals surface area contributed by atoms with Crippen LogP contribution >= 0.6 is 0 Å². The highest BCUT2D eigenvalue weighted by Crippen LogP contribution is 2.20. The van der Waals surface area contributed by atoms with Crippen LogP contribution in [0.4, 0.5) is 5.69 Å². The predicted octanol–water partition coefficient (Wildman–Crippen LogP) is 2.75. The van der Waals surface area contributed by atoms with Crippen molar-refractivity contribution in [2.45, 2.75) is 19.9 Å². The minimum atomic E-state index is 0.733. The second-order valence-corrected chi connectivity index (χ2v) is 7.18. The van der Waals surface area contributed by atoms with Gasteiger partial charge in [-0.15, -0.1) is 0 Å². The molecule has 3 rings (SSSR count). The van der Waals surface area contributed by atoms with Gasteiger partial charge in [0.2, 0.25) is 0 Å². The van der Waals surface area contributed by atoms with Crippen LogP contribution in [0.15, 0.2) is 47.5 Å². The number of methoxy groups -OCH3 is 1. The summed E-state index contributed by atoms with van der Waals surface area (Å²) in [6.45, 7) is 7.15. The summed E-state index contributed by atoms with van der Waals surface area (Å²) in [5.41, 5.74) is 4.93. The number of guanidine groups is 1. The van der Waals surface area contributed by atoms with Crippen LogP contribution < -0.4 is 20.3 Å². The molecular weight excluding hydrogens is 364 g/mol. The van der Waals surface area contributed by atoms with Crippen LogP contribution in [0.5, 0.6) is 5.75 Å². The van der Waals surface area contributed by atoms with E-state index >= 15 is 0 Å². The van der Waals surface area contributed by atoms with Gasteiger partial charge in [-0.25, -0.2) is 0 Å². The zero-order valence-electron chi connectivity index (χ0n) is 17.7. The topological polar surface area (TPSA) is 58.1 Å². The van der Waals surface area contributed by atoms with Crippen LogP contribution in [-0.4, -0.2) is 53.0 Å². The van der Waals surface area contributed by atoms with E-state index < -0.39 is 0 Å². The molecule has 1 aliphatic heterocycles. The lowest BCUT2D eigenvalue weighted by atomic mass is 10.1. The number of morpholine rings is 1. The van der Waals surface area contributed by atoms with Gasteiger partial charge in [-0.3, -0.25) is 4.99 Å². The Morgan fingerprint density at radius 3 is 2.55 bits per heavy atom. The van der Waals surface area contributed by atoms with Crippen molar-refractivity contribution < 1.29 is 9.47 Å². The second kappa shape index (κ2) is 10.7. The molecule has 0 aromatic heterocycles. The molecule has 156 valence electrons. The molecule has 29 heavy (non-hydrogen) atoms. The molecule has 1 fully saturated rings. The molecule has 0 radical (unpaired) electrons. The summed E-state index contributed by atoms with van der Waals surface area (Å²) in [6, 6.07) is 15.0. The number of aliphatic imine (C=N–C) groups is 1. The predicted molar refractivity (Wildman–Crippen MR) is 119 cm³/mol. The summed E-state index contributed by atoms with van der Waals surface area (Å²) in [6.07, 6.45) is 0.875. The molecule has 0 aliphatic carbocycles. The van der Waals surface area contributed by atoms with Gasteiger partial charge in [-0.2, -0.15) is 0 Å². The van der Waals surface area contributed by atoms with E-state index in [9.17, 15) is 0 Å². The summed E-state index contributed by atoms with van der Waals surface area (Å²) in [5.74, 6) is 1.73. The van der Waals surface area contributed by atoms with Crippen molar-refractivity contribution in [1.82, 2.24) is 10.6 Å². The third-order valence-electron chi connectivity index (χ3n) is 5.12. The first-order valence-corrected chi connectivity index (χ1v) is 10.2. The zero-order chi connectivity index (χ0) is 20.5. The molecular formula is C23H32N4O2. The molecule has 1 saturated heterocycles. The molecule has 0 atom stereocenters. The van der Waals surface area contributed by atoms with Crippen LogP contribution in [0.25, 0.3) is 0 Å². The van der Waals surface area contributed by atoms with E-state index in [0.717, 1.165) is 57.5 Å². The summed E-state index contributed by atoms with van der Waals surface area (Å²) in [5, 5.41) is 6.77. The van der Waals surface area contributed by atoms with Gasteiger partial charge in [-0.05, 0) is 42.7 Å². The van der Waals surface area contributed by atoms with Gasteiger partial charge in [0, 0.05) is 38.9 Å². The van der Waals surface area contributed by atoms with E-state index in [-0.39, 0.29) is 0 Å². The minimum Gasteiger partial charge on any atom is -0.496 e. The maximum absolute atomic E-state index is 5.46. The smallest absolute Gasteiger partial charge is 0.191 e. The second-order valence-electron chi connectivity index (χ2n) is 7.18. The van der Waals surface area contributed by atoms with Crippen molar-refractivity contribution in [3.8, 4) is 5.75 Å². The highest BCUT2D eigenvalue weighted by atomic mass is 16.5. The molecule has 2 aromatic rings. The molecule has 0 unspecified atom stereocenters. The monoisotopic (exact) mass is 396 g/mol. The normalized spacial score (nSPS) is 14.6. The molecule has 0 spiro atoms. The Labute approximate surface area is 173 Å². The molecule has 1 aliphatic rings. The largest absolute Gasteiger partial charge is 0.496 e. The number of hydrogen-bond donors (Lipinski definition) is 2. The molecule has 6 heteroatoms. The lowest BCUT2D eigenvalue weighted by molar-refractivity contribution is 0.122. The van der Waals surface area contributed by atoms with Crippen molar-refractivity contribution in [1.29, 1.82) is 0 Å². The highest BCUT2D eigenvalue weighted by molar-refractivity contribution is 5.79. The Bertz CT molecular complexity index is 799. The number of aryl methyl sites for hydroxylation is 1. The van der Waals surface area contributed by atoms with Gasteiger partial charge in [0.05, 0.1) is 20.3 Å². The Kier molecular flexibility index (Phi) is 7.76. The van der Waals surface area contributed by atoms with Crippen molar-refractivity contribution >= 4 is 11.6 Å². The van der Waals surface area contributed by atoms with Gasteiger partial charge in [0.15, 0.2) is 5.96 Å². The van der Waals surface area contributed by atoms with Crippen LogP contribution in [0, 0.1) is 6.92 Å². The maximum atomic E-state index is 5.46. The Morgan fingerprint density at radius 2 is 1.86 bits per heavy atom. The molecule has 0 saturated carbocycles. The van der Waals surface area contributed by atoms with Crippen molar-refractivity contribution in [2.24, 2.45) is 4.99 Å². The molecule has 0 bridgehead atoms. The van der Waals surface area contributed by atoms with Gasteiger partial charge in [0.1, 0.15) is 5.75 Å². The van der Waals surface area contributed by atoms with Crippen LogP contribution in [0.3, 0.4) is 0 Å². The number of ether oxygens (including phenoxy) is 2. The Morgan fingerprint density at radius 1 is 1.10 bits per heavy atom. The quantitative estimate of drug-likeness (QED) is 0.557. The fourth-order valence-electron chi connectivity index (χ4n) is 3.47. The number of hydrogen-bond acceptors (Lipinski definition) is 4. The van der Waals surface area contributed by atoms with E-state index in [1.54, 1.807) is 14.2 Å². The standard InChI is InChI=1S/C23H32N4O2/c1-18-4-9-22(28-3)20(16-18)10-11-25-23(24-2)26-17-19-5-7-21(8-6-19)27-12-14-29-15-13-27/h4-9,16H,10-15,17H2,1-3H3,(H2,24,25,26). The van der Waals surface area contributed by atoms with Crippen LogP contribution in [0.1, 0.15) is 16.7 Å². The molecule has 2 N–H and O–H groups in total. The van der Waals surface area contributed by atoms with E-state index in [1.807, 2.05) is 6.07 Å². The summed E-state index contributed by atoms with van der Waals surface area (Å²) < 4.78 is 10.9. The minimum absolute atomic E-state index is 0.733. The first-order valence-electron chi connectivity index (χ1n) is 10.2. The number of benzene rings is 2. The van der Waals surface area contributed by atoms with Crippen molar-refractivity contribution in [3.63, 3.8) is 0 Å². The summed E-state index contributed by atoms with van der Waals surface area (Å²) in [4.78, 5) is 6.69. The number of rotatable bonds is 7. The van der Waals surface area contributed by atoms with Crippen molar-refractivity contribution in [2.75, 3.05) is 51.9 Å². The first kappa shape index (κ1) is 21.0. The maximum Gasteiger partial charge on any atom is 0.191 e. The lowest BCUT2D eigenvalue weighted by Gasteiger charge is -2.28. The third kappa shape index (κ3) is 6.12. The van der Waals surface area contributed by atoms with Crippen LogP contribution in [-0.2, 0) is 17.7 Å². The zero-order valence-corrected chi connectivity index (χ0v) is 17.7. The summed E-state index contributed by atoms with van der Waals surface area (Å²) in [7, 11) is 3.51. The Balaban J connectivity index is 1.46. The third-order valence-corrected chi connectivity index (χ3v) is 5.12. The number of nitrogens with one attached hydrogen (secondary N) is 2. The van der Waals surface area contributed by atoms with E-state index in [4.69, 9.17) is 9.47 Å². The molecule has 1 heterocycles.